The fourth-order valence-corrected chi connectivity index (χ4v) is 4.49. The first-order valence-corrected chi connectivity index (χ1v) is 7.71. The number of nitrogens with zero attached hydrogens (tertiary/aromatic N) is 2. The van der Waals surface area contributed by atoms with E-state index in [-0.39, 0.29) is 0 Å². The number of hydrogen-bond donors (Lipinski definition) is 0. The molecule has 0 aromatic carbocycles. The summed E-state index contributed by atoms with van der Waals surface area (Å²) in [6.07, 6.45) is 0. The van der Waals surface area contributed by atoms with Crippen molar-refractivity contribution < 1.29 is 0 Å². The van der Waals surface area contributed by atoms with E-state index in [9.17, 15) is 0 Å². The molecule has 0 amide bonds. The van der Waals surface area contributed by atoms with Gasteiger partial charge in [-0.25, -0.2) is 0 Å². The Morgan fingerprint density at radius 3 is 1.62 bits per heavy atom. The molecule has 0 bridgehead atoms. The van der Waals surface area contributed by atoms with E-state index < -0.39 is 16.7 Å². The Bertz CT molecular complexity index is 76.5. The van der Waals surface area contributed by atoms with Gasteiger partial charge in [0.1, 0.15) is 0 Å². The van der Waals surface area contributed by atoms with E-state index in [0.29, 0.717) is 0 Å². The Labute approximate surface area is 57.0 Å². The third-order valence-electron chi connectivity index (χ3n) is 2.08. The van der Waals surface area contributed by atoms with Crippen LogP contribution in [0.1, 0.15) is 0 Å². The van der Waals surface area contributed by atoms with Crippen LogP contribution >= 0.6 is 0 Å². The second kappa shape index (κ2) is 2.43. The van der Waals surface area contributed by atoms with E-state index in [2.05, 4.69) is 26.8 Å². The van der Waals surface area contributed by atoms with Crippen LogP contribution in [-0.2, 0) is 0 Å². The van der Waals surface area contributed by atoms with Crippen LogP contribution < -0.4 is 0 Å². The summed E-state index contributed by atoms with van der Waals surface area (Å²) in [5.41, 5.74) is 2.42. The average Bonchev–Trinajstić information content (AvgIpc) is 1.98. The van der Waals surface area contributed by atoms with Gasteiger partial charge in [0.2, 0.25) is 0 Å². The van der Waals surface area contributed by atoms with Crippen molar-refractivity contribution in [3.63, 3.8) is 0 Å². The zero-order valence-corrected chi connectivity index (χ0v) is 8.31. The predicted molar refractivity (Wildman–Crippen MR) is 36.9 cm³/mol. The van der Waals surface area contributed by atoms with Gasteiger partial charge in [-0.15, -0.1) is 0 Å². The molecule has 2 nitrogen and oxygen atoms in total. The van der Waals surface area contributed by atoms with Crippen molar-refractivity contribution in [2.75, 3.05) is 27.2 Å². The molecule has 1 rings (SSSR count). The third kappa shape index (κ3) is 1.10. The van der Waals surface area contributed by atoms with E-state index >= 15 is 0 Å². The summed E-state index contributed by atoms with van der Waals surface area (Å²) in [5.74, 6) is 0. The topological polar surface area (TPSA) is 6.48 Å². The minimum absolute atomic E-state index is 0.998. The van der Waals surface area contributed by atoms with Gasteiger partial charge in [-0.3, -0.25) is 0 Å². The van der Waals surface area contributed by atoms with Crippen LogP contribution in [0.4, 0.5) is 0 Å². The molecule has 0 N–H and O–H groups in total. The molecule has 0 aromatic rings. The third-order valence-corrected chi connectivity index (χ3v) is 8.52. The van der Waals surface area contributed by atoms with Crippen LogP contribution in [0.2, 0.25) is 5.48 Å². The van der Waals surface area contributed by atoms with Gasteiger partial charge >= 0.3 is 56.6 Å². The first-order valence-electron chi connectivity index (χ1n) is 3.12. The molecular weight excluding hydrogens is 158 g/mol. The molecule has 8 heavy (non-hydrogen) atoms. The van der Waals surface area contributed by atoms with Crippen LogP contribution in [-0.4, -0.2) is 51.1 Å². The van der Waals surface area contributed by atoms with Gasteiger partial charge in [0.25, 0.3) is 0 Å². The molecule has 1 aliphatic heterocycles. The van der Waals surface area contributed by atoms with Gasteiger partial charge in [-0.2, -0.15) is 0 Å². The molecule has 1 saturated heterocycles. The zero-order valence-electron chi connectivity index (χ0n) is 5.89. The summed E-state index contributed by atoms with van der Waals surface area (Å²) in [4.78, 5) is 0. The average molecular weight is 171 g/mol. The number of likely N-dealkylation sites (N-methyl/N-ethyl adjacent to an activating group) is 2. The van der Waals surface area contributed by atoms with Crippen molar-refractivity contribution in [1.29, 1.82) is 0 Å². The Kier molecular flexibility index (Phi) is 2.03. The predicted octanol–water partition coefficient (Wildman–Crippen LogP) is -0.0184. The molecule has 0 saturated carbocycles. The quantitative estimate of drug-likeness (QED) is 0.472. The van der Waals surface area contributed by atoms with E-state index in [4.69, 9.17) is 0 Å². The standard InChI is InChI=1S/C4H10N2.CH3.Ga/c1-5-3-4-6-2;;/h3-4H2,1-2H3;1H3;/q-2;;+2. The number of rotatable bonds is 0. The fourth-order valence-electron chi connectivity index (χ4n) is 1.03. The monoisotopic (exact) mass is 170 g/mol. The van der Waals surface area contributed by atoms with Crippen molar-refractivity contribution in [1.82, 2.24) is 7.21 Å². The molecule has 0 aliphatic carbocycles. The molecule has 1 aliphatic rings. The molecule has 0 spiro atoms. The molecule has 0 atom stereocenters. The van der Waals surface area contributed by atoms with E-state index in [1.54, 1.807) is 0 Å². The van der Waals surface area contributed by atoms with E-state index in [1.165, 1.54) is 13.1 Å². The Hall–Kier alpha value is 0.556. The van der Waals surface area contributed by atoms with Crippen molar-refractivity contribution in [3.8, 4) is 0 Å². The van der Waals surface area contributed by atoms with Gasteiger partial charge in [0, 0.05) is 0 Å². The molecule has 1 fully saturated rings. The van der Waals surface area contributed by atoms with Crippen LogP contribution in [0.5, 0.6) is 0 Å². The fraction of sp³-hybridized carbons (Fsp3) is 1.00. The van der Waals surface area contributed by atoms with E-state index in [1.807, 2.05) is 0 Å². The summed E-state index contributed by atoms with van der Waals surface area (Å²) in [6, 6.07) is 0. The van der Waals surface area contributed by atoms with Crippen LogP contribution in [0.3, 0.4) is 0 Å². The maximum absolute atomic E-state index is 2.53. The first-order chi connectivity index (χ1) is 3.72. The van der Waals surface area contributed by atoms with Crippen LogP contribution in [0.15, 0.2) is 0 Å². The van der Waals surface area contributed by atoms with Crippen molar-refractivity contribution in [2.45, 2.75) is 5.48 Å². The van der Waals surface area contributed by atoms with Gasteiger partial charge in [-0.1, -0.05) is 0 Å². The molecule has 0 aromatic heterocycles. The van der Waals surface area contributed by atoms with Crippen molar-refractivity contribution >= 4 is 16.7 Å². The minimum atomic E-state index is -0.998. The number of hydrogen-bond acceptors (Lipinski definition) is 2. The van der Waals surface area contributed by atoms with Gasteiger partial charge < -0.3 is 0 Å². The molecule has 46 valence electrons. The Morgan fingerprint density at radius 1 is 1.12 bits per heavy atom. The van der Waals surface area contributed by atoms with Crippen molar-refractivity contribution in [3.05, 3.63) is 0 Å². The summed E-state index contributed by atoms with van der Waals surface area (Å²) in [7, 11) is 4.49. The maximum atomic E-state index is 2.53. The molecule has 3 heteroatoms. The first kappa shape index (κ1) is 6.67. The van der Waals surface area contributed by atoms with Gasteiger partial charge in [-0.05, 0) is 0 Å². The Morgan fingerprint density at radius 2 is 1.50 bits per heavy atom. The SMILES string of the molecule is C[N]1CC[N](C)[Ga]1[CH3]. The second-order valence-corrected chi connectivity index (χ2v) is 8.94. The van der Waals surface area contributed by atoms with Gasteiger partial charge in [0.15, 0.2) is 0 Å². The molecular formula is C5H13GaN2. The summed E-state index contributed by atoms with van der Waals surface area (Å²) in [6.45, 7) is 2.61. The second-order valence-electron chi connectivity index (χ2n) is 2.59. The summed E-state index contributed by atoms with van der Waals surface area (Å²) >= 11 is -0.998. The van der Waals surface area contributed by atoms with Crippen molar-refractivity contribution in [2.24, 2.45) is 0 Å². The van der Waals surface area contributed by atoms with Crippen LogP contribution in [0.25, 0.3) is 0 Å². The molecule has 1 heterocycles. The van der Waals surface area contributed by atoms with Crippen LogP contribution in [0, 0.1) is 0 Å². The van der Waals surface area contributed by atoms with Gasteiger partial charge in [0.05, 0.1) is 0 Å². The molecule has 0 unspecified atom stereocenters. The zero-order chi connectivity index (χ0) is 6.15. The van der Waals surface area contributed by atoms with E-state index in [0.717, 1.165) is 0 Å². The summed E-state index contributed by atoms with van der Waals surface area (Å²) in [5, 5.41) is 0. The molecule has 0 radical (unpaired) electrons. The normalized spacial score (nSPS) is 25.1. The summed E-state index contributed by atoms with van der Waals surface area (Å²) < 4.78 is 5.07. The Balaban J connectivity index is 2.44.